The van der Waals surface area contributed by atoms with Crippen LogP contribution in [0.25, 0.3) is 0 Å². The monoisotopic (exact) mass is 379 g/mol. The van der Waals surface area contributed by atoms with Crippen molar-refractivity contribution in [3.63, 3.8) is 0 Å². The Morgan fingerprint density at radius 1 is 1.25 bits per heavy atom. The van der Waals surface area contributed by atoms with Gasteiger partial charge in [-0.2, -0.15) is 0 Å². The molecule has 0 saturated carbocycles. The molecule has 0 unspecified atom stereocenters. The molecule has 144 valence electrons. The summed E-state index contributed by atoms with van der Waals surface area (Å²) in [6.45, 7) is 1.07. The topological polar surface area (TPSA) is 61.4 Å². The van der Waals surface area contributed by atoms with Crippen molar-refractivity contribution < 1.29 is 14.0 Å². The van der Waals surface area contributed by atoms with Gasteiger partial charge in [-0.05, 0) is 49.6 Å². The number of benzene rings is 2. The number of rotatable bonds is 3. The fourth-order valence-electron chi connectivity index (χ4n) is 5.34. The van der Waals surface area contributed by atoms with E-state index in [9.17, 15) is 14.0 Å². The molecule has 28 heavy (non-hydrogen) atoms. The predicted molar refractivity (Wildman–Crippen MR) is 103 cm³/mol. The highest BCUT2D eigenvalue weighted by Gasteiger charge is 2.65. The van der Waals surface area contributed by atoms with Gasteiger partial charge in [0.15, 0.2) is 0 Å². The number of nitrogens with zero attached hydrogens (tertiary/aromatic N) is 1. The summed E-state index contributed by atoms with van der Waals surface area (Å²) in [5.41, 5.74) is 1.46. The summed E-state index contributed by atoms with van der Waals surface area (Å²) in [4.78, 5) is 28.7. The van der Waals surface area contributed by atoms with Crippen LogP contribution in [0.15, 0.2) is 48.5 Å². The Kier molecular flexibility index (Phi) is 3.98. The average Bonchev–Trinajstić information content (AvgIpc) is 3.34. The zero-order valence-corrected chi connectivity index (χ0v) is 15.5. The Morgan fingerprint density at radius 2 is 2.11 bits per heavy atom. The first kappa shape index (κ1) is 17.4. The zero-order chi connectivity index (χ0) is 19.3. The minimum absolute atomic E-state index is 0.107. The molecule has 0 bridgehead atoms. The lowest BCUT2D eigenvalue weighted by atomic mass is 9.78. The van der Waals surface area contributed by atoms with E-state index in [2.05, 4.69) is 15.5 Å². The van der Waals surface area contributed by atoms with Gasteiger partial charge in [0.25, 0.3) is 0 Å². The largest absolute Gasteiger partial charge is 0.352 e. The Morgan fingerprint density at radius 3 is 2.96 bits per heavy atom. The molecule has 0 aromatic heterocycles. The summed E-state index contributed by atoms with van der Waals surface area (Å²) >= 11 is 0. The maximum absolute atomic E-state index is 13.4. The lowest BCUT2D eigenvalue weighted by Crippen LogP contribution is -2.54. The Hall–Kier alpha value is -2.73. The molecule has 3 aliphatic rings. The van der Waals surface area contributed by atoms with Crippen molar-refractivity contribution in [1.82, 2.24) is 10.2 Å². The van der Waals surface area contributed by atoms with Crippen LogP contribution in [-0.4, -0.2) is 29.3 Å². The maximum Gasteiger partial charge on any atom is 0.250 e. The predicted octanol–water partition coefficient (Wildman–Crippen LogP) is 2.77. The Balaban J connectivity index is 1.48. The van der Waals surface area contributed by atoms with Crippen molar-refractivity contribution in [1.29, 1.82) is 0 Å². The highest BCUT2D eigenvalue weighted by Crippen LogP contribution is 2.55. The van der Waals surface area contributed by atoms with Gasteiger partial charge in [-0.25, -0.2) is 4.39 Å². The van der Waals surface area contributed by atoms with E-state index in [1.807, 2.05) is 24.3 Å². The number of amides is 2. The van der Waals surface area contributed by atoms with Crippen molar-refractivity contribution >= 4 is 17.5 Å². The molecular formula is C22H22FN3O2. The first-order valence-electron chi connectivity index (χ1n) is 9.80. The number of anilines is 1. The number of carbonyl (C=O) groups is 2. The summed E-state index contributed by atoms with van der Waals surface area (Å²) < 4.78 is 13.4. The third kappa shape index (κ3) is 2.41. The van der Waals surface area contributed by atoms with Gasteiger partial charge >= 0.3 is 0 Å². The van der Waals surface area contributed by atoms with Gasteiger partial charge in [-0.1, -0.05) is 30.3 Å². The standard InChI is InChI=1S/C22H22FN3O2/c23-15-6-3-5-14(11-15)13-24-20(27)18-12-16-7-4-10-26(16)22(18)17-8-1-2-9-19(17)25-21(22)28/h1-3,5-6,8-9,11,16,18H,4,7,10,12-13H2,(H,24,27)(H,25,28)/t16-,18+,22+/m1/s1. The van der Waals surface area contributed by atoms with Crippen LogP contribution < -0.4 is 10.6 Å². The van der Waals surface area contributed by atoms with E-state index in [0.29, 0.717) is 12.0 Å². The van der Waals surface area contributed by atoms with Crippen LogP contribution in [0.1, 0.15) is 30.4 Å². The van der Waals surface area contributed by atoms with Crippen molar-refractivity contribution in [2.75, 3.05) is 11.9 Å². The number of halogens is 1. The number of carbonyl (C=O) groups excluding carboxylic acids is 2. The Bertz CT molecular complexity index is 962. The highest BCUT2D eigenvalue weighted by molar-refractivity contribution is 6.09. The van der Waals surface area contributed by atoms with Crippen molar-refractivity contribution in [2.24, 2.45) is 5.92 Å². The SMILES string of the molecule is O=C(NCc1cccc(F)c1)[C@@H]1C[C@H]2CCCN2[C@]12C(=O)Nc1ccccc12. The molecule has 2 saturated heterocycles. The van der Waals surface area contributed by atoms with Crippen LogP contribution in [0.5, 0.6) is 0 Å². The van der Waals surface area contributed by atoms with Crippen LogP contribution in [0.3, 0.4) is 0 Å². The molecule has 2 aromatic carbocycles. The minimum Gasteiger partial charge on any atom is -0.352 e. The Labute approximate surface area is 162 Å². The van der Waals surface area contributed by atoms with Crippen LogP contribution >= 0.6 is 0 Å². The quantitative estimate of drug-likeness (QED) is 0.862. The molecule has 5 nitrogen and oxygen atoms in total. The average molecular weight is 379 g/mol. The van der Waals surface area contributed by atoms with E-state index >= 15 is 0 Å². The third-order valence-corrected chi connectivity index (χ3v) is 6.45. The van der Waals surface area contributed by atoms with Gasteiger partial charge in [0.2, 0.25) is 11.8 Å². The fraction of sp³-hybridized carbons (Fsp3) is 0.364. The zero-order valence-electron chi connectivity index (χ0n) is 15.5. The van der Waals surface area contributed by atoms with Gasteiger partial charge < -0.3 is 10.6 Å². The van der Waals surface area contributed by atoms with E-state index in [4.69, 9.17) is 0 Å². The number of para-hydroxylation sites is 1. The molecule has 2 aromatic rings. The van der Waals surface area contributed by atoms with Crippen molar-refractivity contribution in [2.45, 2.75) is 37.4 Å². The first-order chi connectivity index (χ1) is 13.6. The molecule has 0 radical (unpaired) electrons. The maximum atomic E-state index is 13.4. The highest BCUT2D eigenvalue weighted by atomic mass is 19.1. The summed E-state index contributed by atoms with van der Waals surface area (Å²) in [5.74, 6) is -1.04. The summed E-state index contributed by atoms with van der Waals surface area (Å²) in [6.07, 6.45) is 2.71. The smallest absolute Gasteiger partial charge is 0.250 e. The molecule has 0 aliphatic carbocycles. The number of hydrogen-bond acceptors (Lipinski definition) is 3. The van der Waals surface area contributed by atoms with Gasteiger partial charge in [0, 0.05) is 23.8 Å². The number of fused-ring (bicyclic) bond motifs is 4. The summed E-state index contributed by atoms with van der Waals surface area (Å²) in [5, 5.41) is 5.95. The molecule has 2 amide bonds. The van der Waals surface area contributed by atoms with Gasteiger partial charge in [-0.15, -0.1) is 0 Å². The van der Waals surface area contributed by atoms with Gasteiger partial charge in [-0.3, -0.25) is 14.5 Å². The molecule has 3 heterocycles. The van der Waals surface area contributed by atoms with E-state index in [1.165, 1.54) is 12.1 Å². The second-order valence-corrected chi connectivity index (χ2v) is 7.89. The van der Waals surface area contributed by atoms with Crippen LogP contribution in [0.4, 0.5) is 10.1 Å². The second-order valence-electron chi connectivity index (χ2n) is 7.89. The number of hydrogen-bond donors (Lipinski definition) is 2. The molecule has 3 atom stereocenters. The lowest BCUT2D eigenvalue weighted by Gasteiger charge is -2.36. The molecular weight excluding hydrogens is 357 g/mol. The normalized spacial score (nSPS) is 28.2. The second kappa shape index (κ2) is 6.41. The summed E-state index contributed by atoms with van der Waals surface area (Å²) in [6, 6.07) is 14.1. The summed E-state index contributed by atoms with van der Waals surface area (Å²) in [7, 11) is 0. The van der Waals surface area contributed by atoms with E-state index in [0.717, 1.165) is 30.6 Å². The van der Waals surface area contributed by atoms with E-state index < -0.39 is 11.5 Å². The van der Waals surface area contributed by atoms with Crippen LogP contribution in [0.2, 0.25) is 0 Å². The molecule has 2 fully saturated rings. The van der Waals surface area contributed by atoms with Gasteiger partial charge in [0.1, 0.15) is 11.4 Å². The molecule has 3 aliphatic heterocycles. The van der Waals surface area contributed by atoms with Crippen LogP contribution in [-0.2, 0) is 21.7 Å². The molecule has 2 N–H and O–H groups in total. The minimum atomic E-state index is -0.941. The first-order valence-corrected chi connectivity index (χ1v) is 9.80. The molecule has 5 rings (SSSR count). The van der Waals surface area contributed by atoms with E-state index in [1.54, 1.807) is 12.1 Å². The third-order valence-electron chi connectivity index (χ3n) is 6.45. The van der Waals surface area contributed by atoms with Gasteiger partial charge in [0.05, 0.1) is 5.92 Å². The molecule has 1 spiro atoms. The number of nitrogens with one attached hydrogen (secondary N) is 2. The molecule has 6 heteroatoms. The van der Waals surface area contributed by atoms with Crippen LogP contribution in [0, 0.1) is 11.7 Å². The van der Waals surface area contributed by atoms with Crippen molar-refractivity contribution in [3.8, 4) is 0 Å². The van der Waals surface area contributed by atoms with E-state index in [-0.39, 0.29) is 30.2 Å². The fourth-order valence-corrected chi connectivity index (χ4v) is 5.34. The van der Waals surface area contributed by atoms with Crippen molar-refractivity contribution in [3.05, 3.63) is 65.5 Å². The lowest BCUT2D eigenvalue weighted by molar-refractivity contribution is -0.137.